The summed E-state index contributed by atoms with van der Waals surface area (Å²) >= 11 is 0. The van der Waals surface area contributed by atoms with Crippen LogP contribution in [0.25, 0.3) is 0 Å². The minimum absolute atomic E-state index is 0. The summed E-state index contributed by atoms with van der Waals surface area (Å²) in [5.74, 6) is -10.4. The second-order valence-corrected chi connectivity index (χ2v) is 3.54. The van der Waals surface area contributed by atoms with E-state index in [4.69, 9.17) is 0 Å². The van der Waals surface area contributed by atoms with Crippen molar-refractivity contribution in [1.82, 2.24) is 0 Å². The van der Waals surface area contributed by atoms with Crippen molar-refractivity contribution < 1.29 is 73.3 Å². The van der Waals surface area contributed by atoms with Crippen LogP contribution in [-0.2, 0) is 10.1 Å². The summed E-state index contributed by atoms with van der Waals surface area (Å²) in [6.07, 6.45) is -3.84. The molecule has 0 unspecified atom stereocenters. The molecule has 0 amide bonds. The van der Waals surface area contributed by atoms with Gasteiger partial charge in [0.1, 0.15) is 0 Å². The molecule has 16 heavy (non-hydrogen) atoms. The minimum Gasteiger partial charge on any atom is -0.743 e. The number of alkyl halides is 4. The molecule has 90 valence electrons. The third kappa shape index (κ3) is 3.09. The van der Waals surface area contributed by atoms with Crippen LogP contribution >= 0.6 is 0 Å². The van der Waals surface area contributed by atoms with Crippen molar-refractivity contribution >= 4 is 10.1 Å². The second-order valence-electron chi connectivity index (χ2n) is 2.12. The maximum Gasteiger partial charge on any atom is 1.00 e. The first-order valence-corrected chi connectivity index (χ1v) is 4.19. The Labute approximate surface area is 106 Å². The molecule has 0 aromatic heterocycles. The smallest absolute Gasteiger partial charge is 0.743 e. The van der Waals surface area contributed by atoms with E-state index in [2.05, 4.69) is 0 Å². The summed E-state index contributed by atoms with van der Waals surface area (Å²) in [5.41, 5.74) is 0. The predicted octanol–water partition coefficient (Wildman–Crippen LogP) is -1.16. The minimum atomic E-state index is -6.98. The molecule has 0 aliphatic carbocycles. The third-order valence-corrected chi connectivity index (χ3v) is 2.01. The average Bonchev–Trinajstić information content (AvgIpc) is 2.00. The van der Waals surface area contributed by atoms with Crippen molar-refractivity contribution in [3.05, 3.63) is 11.9 Å². The van der Waals surface area contributed by atoms with E-state index in [0.29, 0.717) is 0 Å². The Morgan fingerprint density at radius 1 is 1.00 bits per heavy atom. The molecule has 0 rings (SSSR count). The molecule has 0 radical (unpaired) electrons. The van der Waals surface area contributed by atoms with Gasteiger partial charge < -0.3 is 4.55 Å². The van der Waals surface area contributed by atoms with E-state index in [9.17, 15) is 43.7 Å². The van der Waals surface area contributed by atoms with E-state index < -0.39 is 33.2 Å². The van der Waals surface area contributed by atoms with Gasteiger partial charge >= 0.3 is 46.8 Å². The first-order valence-electron chi connectivity index (χ1n) is 2.78. The number of rotatable bonds is 3. The fourth-order valence-corrected chi connectivity index (χ4v) is 0.807. The van der Waals surface area contributed by atoms with Crippen LogP contribution in [-0.4, -0.2) is 24.1 Å². The number of allylic oxidation sites excluding steroid dienone is 1. The maximum absolute atomic E-state index is 12.1. The van der Waals surface area contributed by atoms with Gasteiger partial charge in [-0.2, -0.15) is 30.7 Å². The average molecular weight is 284 g/mol. The molecule has 0 saturated heterocycles. The first kappa shape index (κ1) is 18.5. The molecule has 12 heteroatoms. The number of hydrogen-bond donors (Lipinski definition) is 0. The van der Waals surface area contributed by atoms with Crippen LogP contribution < -0.4 is 29.6 Å². The maximum atomic E-state index is 12.1. The molecule has 0 atom stereocenters. The van der Waals surface area contributed by atoms with E-state index in [1.165, 1.54) is 0 Å². The molecule has 0 aliphatic rings. The van der Waals surface area contributed by atoms with E-state index >= 15 is 0 Å². The van der Waals surface area contributed by atoms with Gasteiger partial charge in [-0.05, 0) is 0 Å². The third-order valence-electron chi connectivity index (χ3n) is 1.12. The Hall–Kier alpha value is 0.160. The van der Waals surface area contributed by atoms with Crippen molar-refractivity contribution in [3.63, 3.8) is 0 Å². The van der Waals surface area contributed by atoms with E-state index in [1.807, 2.05) is 0 Å². The van der Waals surface area contributed by atoms with Crippen LogP contribution in [0.3, 0.4) is 0 Å². The van der Waals surface area contributed by atoms with E-state index in [1.54, 1.807) is 0 Å². The zero-order chi connectivity index (χ0) is 12.7. The second kappa shape index (κ2) is 5.21. The van der Waals surface area contributed by atoms with Gasteiger partial charge in [0.15, 0.2) is 10.1 Å². The van der Waals surface area contributed by atoms with Crippen molar-refractivity contribution in [2.24, 2.45) is 0 Å². The van der Waals surface area contributed by atoms with Gasteiger partial charge in [-0.3, -0.25) is 0 Å². The van der Waals surface area contributed by atoms with Gasteiger partial charge in [-0.25, -0.2) is 8.42 Å². The van der Waals surface area contributed by atoms with Crippen LogP contribution in [0.5, 0.6) is 0 Å². The fourth-order valence-electron chi connectivity index (χ4n) is 0.403. The monoisotopic (exact) mass is 284 g/mol. The van der Waals surface area contributed by atoms with Crippen molar-refractivity contribution in [2.45, 2.75) is 11.2 Å². The Morgan fingerprint density at radius 2 is 1.31 bits per heavy atom. The Kier molecular flexibility index (Phi) is 6.03. The molecular formula is C4F7NaO3S. The molecule has 0 aliphatic heterocycles. The molecule has 0 heterocycles. The molecule has 0 fully saturated rings. The fraction of sp³-hybridized carbons (Fsp3) is 0.500. The quantitative estimate of drug-likeness (QED) is 0.373. The van der Waals surface area contributed by atoms with Crippen molar-refractivity contribution in [1.29, 1.82) is 0 Å². The molecule has 3 nitrogen and oxygen atoms in total. The van der Waals surface area contributed by atoms with E-state index in [0.717, 1.165) is 0 Å². The van der Waals surface area contributed by atoms with Gasteiger partial charge in [-0.1, -0.05) is 0 Å². The Bertz CT molecular complexity index is 384. The van der Waals surface area contributed by atoms with Gasteiger partial charge in [0.05, 0.1) is 0 Å². The van der Waals surface area contributed by atoms with Gasteiger partial charge in [0.25, 0.3) is 0 Å². The van der Waals surface area contributed by atoms with Crippen LogP contribution in [0.1, 0.15) is 0 Å². The number of hydrogen-bond acceptors (Lipinski definition) is 3. The van der Waals surface area contributed by atoms with E-state index in [-0.39, 0.29) is 29.6 Å². The molecule has 0 aromatic rings. The van der Waals surface area contributed by atoms with Crippen LogP contribution in [0.4, 0.5) is 30.7 Å². The molecule has 0 spiro atoms. The topological polar surface area (TPSA) is 57.2 Å². The van der Waals surface area contributed by atoms with Crippen LogP contribution in [0.2, 0.25) is 0 Å². The SMILES string of the molecule is O=S(=O)([O-])C(F)(F)C(F)(F)C(F)=C(F)F.[Na+]. The molecule has 0 saturated carbocycles. The summed E-state index contributed by atoms with van der Waals surface area (Å²) in [4.78, 5) is 0. The first-order chi connectivity index (χ1) is 6.35. The molecule has 0 bridgehead atoms. The summed E-state index contributed by atoms with van der Waals surface area (Å²) in [6.45, 7) is 0. The standard InChI is InChI=1S/C4HF7O3S.Na/c5-1(2(6)7)3(8,9)4(10,11)15(12,13)14;/h(H,12,13,14);/q;+1/p-1. The summed E-state index contributed by atoms with van der Waals surface area (Å²) in [5, 5.41) is -6.49. The van der Waals surface area contributed by atoms with Crippen molar-refractivity contribution in [3.8, 4) is 0 Å². The predicted molar refractivity (Wildman–Crippen MR) is 29.9 cm³/mol. The van der Waals surface area contributed by atoms with Gasteiger partial charge in [-0.15, -0.1) is 0 Å². The van der Waals surface area contributed by atoms with Gasteiger partial charge in [0, 0.05) is 0 Å². The van der Waals surface area contributed by atoms with Crippen molar-refractivity contribution in [2.75, 3.05) is 0 Å². The molecular weight excluding hydrogens is 284 g/mol. The largest absolute Gasteiger partial charge is 1.00 e. The summed E-state index contributed by atoms with van der Waals surface area (Å²) in [6, 6.07) is 0. The summed E-state index contributed by atoms with van der Waals surface area (Å²) < 4.78 is 111. The number of halogens is 7. The Morgan fingerprint density at radius 3 is 1.50 bits per heavy atom. The van der Waals surface area contributed by atoms with Crippen LogP contribution in [0.15, 0.2) is 11.9 Å². The summed E-state index contributed by atoms with van der Waals surface area (Å²) in [7, 11) is -6.98. The Balaban J connectivity index is 0. The molecule has 0 aromatic carbocycles. The van der Waals surface area contributed by atoms with Gasteiger partial charge in [0.2, 0.25) is 5.83 Å². The van der Waals surface area contributed by atoms with Crippen LogP contribution in [0, 0.1) is 0 Å². The molecule has 0 N–H and O–H groups in total. The zero-order valence-electron chi connectivity index (χ0n) is 7.28. The zero-order valence-corrected chi connectivity index (χ0v) is 10.1. The normalized spacial score (nSPS) is 13.0.